The molecule has 5 heteroatoms. The summed E-state index contributed by atoms with van der Waals surface area (Å²) in [6.07, 6.45) is 2.02. The topological polar surface area (TPSA) is 63.4 Å². The van der Waals surface area contributed by atoms with Crippen molar-refractivity contribution in [1.29, 1.82) is 0 Å². The van der Waals surface area contributed by atoms with Gasteiger partial charge in [0.1, 0.15) is 6.04 Å². The van der Waals surface area contributed by atoms with E-state index in [0.717, 1.165) is 6.42 Å². The van der Waals surface area contributed by atoms with E-state index in [1.165, 1.54) is 0 Å². The predicted octanol–water partition coefficient (Wildman–Crippen LogP) is -0.0145. The summed E-state index contributed by atoms with van der Waals surface area (Å²) in [5.41, 5.74) is 5.16. The minimum Gasteiger partial charge on any atom is -0.368 e. The first kappa shape index (κ1) is 12.3. The molecule has 1 saturated heterocycles. The highest BCUT2D eigenvalue weighted by molar-refractivity contribution is 7.59. The van der Waals surface area contributed by atoms with Gasteiger partial charge in [-0.2, -0.15) is 13.5 Å². The minimum absolute atomic E-state index is 0. The molecule has 1 heterocycles. The van der Waals surface area contributed by atoms with E-state index in [1.54, 1.807) is 4.90 Å². The van der Waals surface area contributed by atoms with Crippen LogP contribution in [0.3, 0.4) is 0 Å². The second-order valence-corrected chi connectivity index (χ2v) is 3.02. The number of likely N-dealkylation sites (tertiary alicyclic amines) is 1. The summed E-state index contributed by atoms with van der Waals surface area (Å²) < 4.78 is 0. The van der Waals surface area contributed by atoms with Crippen molar-refractivity contribution < 1.29 is 9.59 Å². The van der Waals surface area contributed by atoms with Crippen molar-refractivity contribution in [2.75, 3.05) is 6.54 Å². The first-order valence-electron chi connectivity index (χ1n) is 4.25. The fourth-order valence-corrected chi connectivity index (χ4v) is 1.57. The first-order valence-corrected chi connectivity index (χ1v) is 4.25. The average Bonchev–Trinajstić information content (AvgIpc) is 2.38. The summed E-state index contributed by atoms with van der Waals surface area (Å²) in [4.78, 5) is 23.7. The summed E-state index contributed by atoms with van der Waals surface area (Å²) in [7, 11) is 0. The Labute approximate surface area is 84.9 Å². The minimum atomic E-state index is -0.396. The zero-order valence-corrected chi connectivity index (χ0v) is 8.75. The van der Waals surface area contributed by atoms with Crippen LogP contribution in [0, 0.1) is 0 Å². The van der Waals surface area contributed by atoms with E-state index in [2.05, 4.69) is 0 Å². The number of hydrogen-bond acceptors (Lipinski definition) is 2. The molecular formula is C8H16N2O2S. The van der Waals surface area contributed by atoms with Crippen molar-refractivity contribution >= 4 is 25.3 Å². The average molecular weight is 204 g/mol. The molecule has 1 aliphatic rings. The fourth-order valence-electron chi connectivity index (χ4n) is 1.57. The molecule has 1 rings (SSSR count). The molecule has 0 saturated carbocycles. The maximum atomic E-state index is 11.2. The molecule has 0 spiro atoms. The Morgan fingerprint density at radius 1 is 1.69 bits per heavy atom. The Hall–Kier alpha value is -0.710. The molecule has 4 nitrogen and oxygen atoms in total. The standard InChI is InChI=1S/C8H14N2O2.H2S/c1-2-6(8(9)12)10-5-3-4-7(10)11;/h6H,2-5H2,1H3,(H2,9,12);1H2. The van der Waals surface area contributed by atoms with Gasteiger partial charge in [-0.3, -0.25) is 9.59 Å². The van der Waals surface area contributed by atoms with Gasteiger partial charge in [-0.15, -0.1) is 0 Å². The van der Waals surface area contributed by atoms with E-state index in [0.29, 0.717) is 19.4 Å². The van der Waals surface area contributed by atoms with Crippen LogP contribution in [0.25, 0.3) is 0 Å². The van der Waals surface area contributed by atoms with Gasteiger partial charge in [0.2, 0.25) is 11.8 Å². The van der Waals surface area contributed by atoms with Gasteiger partial charge in [-0.25, -0.2) is 0 Å². The Morgan fingerprint density at radius 3 is 2.62 bits per heavy atom. The zero-order chi connectivity index (χ0) is 9.14. The monoisotopic (exact) mass is 204 g/mol. The lowest BCUT2D eigenvalue weighted by atomic mass is 10.2. The Morgan fingerprint density at radius 2 is 2.31 bits per heavy atom. The molecule has 0 aromatic rings. The van der Waals surface area contributed by atoms with Crippen molar-refractivity contribution in [2.24, 2.45) is 5.73 Å². The molecule has 0 aromatic carbocycles. The highest BCUT2D eigenvalue weighted by Gasteiger charge is 2.29. The van der Waals surface area contributed by atoms with Crippen LogP contribution >= 0.6 is 13.5 Å². The van der Waals surface area contributed by atoms with Gasteiger partial charge < -0.3 is 10.6 Å². The lowest BCUT2D eigenvalue weighted by Gasteiger charge is -2.23. The molecule has 0 radical (unpaired) electrons. The number of nitrogens with two attached hydrogens (primary N) is 1. The molecular weight excluding hydrogens is 188 g/mol. The van der Waals surface area contributed by atoms with Gasteiger partial charge in [0.15, 0.2) is 0 Å². The zero-order valence-electron chi connectivity index (χ0n) is 7.75. The maximum absolute atomic E-state index is 11.2. The van der Waals surface area contributed by atoms with E-state index < -0.39 is 5.91 Å². The van der Waals surface area contributed by atoms with Crippen molar-refractivity contribution in [3.63, 3.8) is 0 Å². The molecule has 0 aliphatic carbocycles. The van der Waals surface area contributed by atoms with Crippen LogP contribution in [0.15, 0.2) is 0 Å². The largest absolute Gasteiger partial charge is 0.368 e. The number of nitrogens with zero attached hydrogens (tertiary/aromatic N) is 1. The normalized spacial score (nSPS) is 18.2. The van der Waals surface area contributed by atoms with Crippen LogP contribution in [0.4, 0.5) is 0 Å². The number of primary amides is 1. The van der Waals surface area contributed by atoms with Gasteiger partial charge in [0.05, 0.1) is 0 Å². The molecule has 1 unspecified atom stereocenters. The smallest absolute Gasteiger partial charge is 0.240 e. The maximum Gasteiger partial charge on any atom is 0.240 e. The van der Waals surface area contributed by atoms with Gasteiger partial charge in [-0.1, -0.05) is 6.92 Å². The SMILES string of the molecule is CCC(C(N)=O)N1CCCC1=O.S. The second-order valence-electron chi connectivity index (χ2n) is 3.02. The number of rotatable bonds is 3. The molecule has 2 amide bonds. The van der Waals surface area contributed by atoms with E-state index >= 15 is 0 Å². The molecule has 0 bridgehead atoms. The molecule has 0 aromatic heterocycles. The number of carbonyl (C=O) groups excluding carboxylic acids is 2. The fraction of sp³-hybridized carbons (Fsp3) is 0.750. The van der Waals surface area contributed by atoms with E-state index in [4.69, 9.17) is 5.73 Å². The lowest BCUT2D eigenvalue weighted by molar-refractivity contribution is -0.136. The van der Waals surface area contributed by atoms with Crippen LogP contribution in [0.5, 0.6) is 0 Å². The third-order valence-corrected chi connectivity index (χ3v) is 2.20. The second kappa shape index (κ2) is 5.11. The van der Waals surface area contributed by atoms with Gasteiger partial charge in [0.25, 0.3) is 0 Å². The summed E-state index contributed by atoms with van der Waals surface area (Å²) in [6.45, 7) is 2.54. The highest BCUT2D eigenvalue weighted by atomic mass is 32.1. The molecule has 1 aliphatic heterocycles. The predicted molar refractivity (Wildman–Crippen MR) is 54.6 cm³/mol. The van der Waals surface area contributed by atoms with Crippen LogP contribution in [0.2, 0.25) is 0 Å². The molecule has 1 atom stereocenters. The van der Waals surface area contributed by atoms with Crippen molar-refractivity contribution in [3.8, 4) is 0 Å². The summed E-state index contributed by atoms with van der Waals surface area (Å²) in [5, 5.41) is 0. The molecule has 1 fully saturated rings. The molecule has 76 valence electrons. The van der Waals surface area contributed by atoms with Gasteiger partial charge in [-0.05, 0) is 12.8 Å². The van der Waals surface area contributed by atoms with E-state index in [9.17, 15) is 9.59 Å². The van der Waals surface area contributed by atoms with Crippen LogP contribution in [-0.4, -0.2) is 29.3 Å². The van der Waals surface area contributed by atoms with Crippen LogP contribution in [-0.2, 0) is 9.59 Å². The highest BCUT2D eigenvalue weighted by Crippen LogP contribution is 2.15. The van der Waals surface area contributed by atoms with Crippen LogP contribution < -0.4 is 5.73 Å². The van der Waals surface area contributed by atoms with Gasteiger partial charge in [0, 0.05) is 13.0 Å². The van der Waals surface area contributed by atoms with Gasteiger partial charge >= 0.3 is 0 Å². The van der Waals surface area contributed by atoms with Crippen molar-refractivity contribution in [2.45, 2.75) is 32.2 Å². The first-order chi connectivity index (χ1) is 5.66. The Kier molecular flexibility index (Phi) is 4.83. The Balaban J connectivity index is 0.00000144. The van der Waals surface area contributed by atoms with E-state index in [1.807, 2.05) is 6.92 Å². The number of amides is 2. The molecule has 13 heavy (non-hydrogen) atoms. The number of carbonyl (C=O) groups is 2. The Bertz CT molecular complexity index is 208. The third kappa shape index (κ3) is 2.62. The lowest BCUT2D eigenvalue weighted by Crippen LogP contribution is -2.44. The summed E-state index contributed by atoms with van der Waals surface area (Å²) in [6, 6.07) is -0.389. The van der Waals surface area contributed by atoms with E-state index in [-0.39, 0.29) is 25.4 Å². The number of hydrogen-bond donors (Lipinski definition) is 1. The van der Waals surface area contributed by atoms with Crippen molar-refractivity contribution in [1.82, 2.24) is 4.90 Å². The summed E-state index contributed by atoms with van der Waals surface area (Å²) >= 11 is 0. The van der Waals surface area contributed by atoms with Crippen molar-refractivity contribution in [3.05, 3.63) is 0 Å². The summed E-state index contributed by atoms with van der Waals surface area (Å²) in [5.74, 6) is -0.339. The quantitative estimate of drug-likeness (QED) is 0.702. The van der Waals surface area contributed by atoms with Crippen LogP contribution in [0.1, 0.15) is 26.2 Å². The third-order valence-electron chi connectivity index (χ3n) is 2.20. The molecule has 2 N–H and O–H groups in total.